The maximum absolute atomic E-state index is 4.05. The zero-order valence-electron chi connectivity index (χ0n) is 7.41. The maximum Gasteiger partial charge on any atom is 0.107 e. The number of pyridine rings is 1. The van der Waals surface area contributed by atoms with Crippen molar-refractivity contribution in [1.29, 1.82) is 0 Å². The predicted molar refractivity (Wildman–Crippen MR) is 51.7 cm³/mol. The lowest BCUT2D eigenvalue weighted by Gasteiger charge is -2.09. The molecular formula is C9H13N3. The first-order chi connectivity index (χ1) is 5.97. The Bertz CT molecular complexity index is 268. The summed E-state index contributed by atoms with van der Waals surface area (Å²) in [5.74, 6) is 0. The van der Waals surface area contributed by atoms with E-state index in [0.717, 1.165) is 11.3 Å². The molecule has 1 aromatic heterocycles. The van der Waals surface area contributed by atoms with Gasteiger partial charge in [0.25, 0.3) is 0 Å². The van der Waals surface area contributed by atoms with E-state index in [9.17, 15) is 0 Å². The number of fused-ring (bicyclic) bond motifs is 1. The third-order valence-corrected chi connectivity index (χ3v) is 1.45. The topological polar surface area (TPSA) is 37.3 Å². The molecule has 0 unspecified atom stereocenters. The minimum atomic E-state index is 0.665. The molecule has 0 radical (unpaired) electrons. The number of hydrogen-bond donors (Lipinski definition) is 1. The number of nitrogens with one attached hydrogen (secondary N) is 1. The minimum absolute atomic E-state index is 0.665. The molecule has 0 spiro atoms. The third-order valence-electron chi connectivity index (χ3n) is 1.45. The SMILES string of the molecule is C1=NCNc2cnccc21.CC. The Kier molecular flexibility index (Phi) is 3.26. The van der Waals surface area contributed by atoms with Crippen molar-refractivity contribution in [3.05, 3.63) is 24.0 Å². The predicted octanol–water partition coefficient (Wildman–Crippen LogP) is 1.91. The fourth-order valence-electron chi connectivity index (χ4n) is 0.940. The summed E-state index contributed by atoms with van der Waals surface area (Å²) in [5, 5.41) is 3.10. The van der Waals surface area contributed by atoms with E-state index >= 15 is 0 Å². The first-order valence-corrected chi connectivity index (χ1v) is 4.14. The smallest absolute Gasteiger partial charge is 0.107 e. The first-order valence-electron chi connectivity index (χ1n) is 4.14. The summed E-state index contributed by atoms with van der Waals surface area (Å²) < 4.78 is 0. The van der Waals surface area contributed by atoms with Crippen LogP contribution in [-0.4, -0.2) is 17.9 Å². The lowest BCUT2D eigenvalue weighted by molar-refractivity contribution is 1.11. The lowest BCUT2D eigenvalue weighted by atomic mass is 10.2. The summed E-state index contributed by atoms with van der Waals surface area (Å²) in [6.07, 6.45) is 5.42. The van der Waals surface area contributed by atoms with Gasteiger partial charge >= 0.3 is 0 Å². The average molecular weight is 163 g/mol. The highest BCUT2D eigenvalue weighted by Gasteiger charge is 2.00. The van der Waals surface area contributed by atoms with Gasteiger partial charge in [0.2, 0.25) is 0 Å². The second kappa shape index (κ2) is 4.49. The second-order valence-electron chi connectivity index (χ2n) is 2.11. The summed E-state index contributed by atoms with van der Waals surface area (Å²) >= 11 is 0. The van der Waals surface area contributed by atoms with E-state index in [4.69, 9.17) is 0 Å². The monoisotopic (exact) mass is 163 g/mol. The summed E-state index contributed by atoms with van der Waals surface area (Å²) in [4.78, 5) is 8.03. The summed E-state index contributed by atoms with van der Waals surface area (Å²) in [6.45, 7) is 4.67. The van der Waals surface area contributed by atoms with Crippen molar-refractivity contribution in [3.63, 3.8) is 0 Å². The van der Waals surface area contributed by atoms with Crippen molar-refractivity contribution in [3.8, 4) is 0 Å². The van der Waals surface area contributed by atoms with Crippen molar-refractivity contribution >= 4 is 11.9 Å². The maximum atomic E-state index is 4.05. The average Bonchev–Trinajstić information content (AvgIpc) is 2.21. The molecule has 0 fully saturated rings. The minimum Gasteiger partial charge on any atom is -0.364 e. The van der Waals surface area contributed by atoms with Crippen LogP contribution in [0.3, 0.4) is 0 Å². The Morgan fingerprint density at radius 3 is 3.00 bits per heavy atom. The molecule has 12 heavy (non-hydrogen) atoms. The van der Waals surface area contributed by atoms with Crippen LogP contribution in [-0.2, 0) is 0 Å². The molecule has 1 aliphatic rings. The molecule has 3 nitrogen and oxygen atoms in total. The Hall–Kier alpha value is -1.38. The molecule has 64 valence electrons. The molecular weight excluding hydrogens is 150 g/mol. The Balaban J connectivity index is 0.000000336. The van der Waals surface area contributed by atoms with Crippen molar-refractivity contribution < 1.29 is 0 Å². The largest absolute Gasteiger partial charge is 0.364 e. The zero-order chi connectivity index (χ0) is 8.81. The van der Waals surface area contributed by atoms with E-state index in [-0.39, 0.29) is 0 Å². The molecule has 2 heterocycles. The van der Waals surface area contributed by atoms with Gasteiger partial charge < -0.3 is 5.32 Å². The normalized spacial score (nSPS) is 12.2. The molecule has 2 rings (SSSR count). The summed E-state index contributed by atoms with van der Waals surface area (Å²) in [6, 6.07) is 1.94. The van der Waals surface area contributed by atoms with Gasteiger partial charge in [-0.3, -0.25) is 9.98 Å². The third kappa shape index (κ3) is 1.81. The molecule has 1 aromatic rings. The standard InChI is InChI=1S/C7H7N3.C2H6/c1-2-8-4-7-6(1)3-9-5-10-7;1-2/h1-4,10H,5H2;1-2H3. The van der Waals surface area contributed by atoms with Crippen molar-refractivity contribution in [2.45, 2.75) is 13.8 Å². The van der Waals surface area contributed by atoms with Gasteiger partial charge in [-0.2, -0.15) is 0 Å². The molecule has 0 aromatic carbocycles. The van der Waals surface area contributed by atoms with Gasteiger partial charge in [-0.15, -0.1) is 0 Å². The van der Waals surface area contributed by atoms with E-state index in [0.29, 0.717) is 6.67 Å². The van der Waals surface area contributed by atoms with Crippen LogP contribution in [0.5, 0.6) is 0 Å². The van der Waals surface area contributed by atoms with Gasteiger partial charge in [0.05, 0.1) is 11.9 Å². The number of aromatic nitrogens is 1. The second-order valence-corrected chi connectivity index (χ2v) is 2.11. The molecule has 0 saturated carbocycles. The van der Waals surface area contributed by atoms with Gasteiger partial charge in [0.15, 0.2) is 0 Å². The number of nitrogens with zero attached hydrogens (tertiary/aromatic N) is 2. The number of anilines is 1. The van der Waals surface area contributed by atoms with Crippen LogP contribution >= 0.6 is 0 Å². The van der Waals surface area contributed by atoms with Crippen LogP contribution in [0, 0.1) is 0 Å². The fraction of sp³-hybridized carbons (Fsp3) is 0.333. The van der Waals surface area contributed by atoms with Crippen LogP contribution < -0.4 is 5.32 Å². The molecule has 3 heteroatoms. The van der Waals surface area contributed by atoms with Crippen LogP contribution in [0.2, 0.25) is 0 Å². The van der Waals surface area contributed by atoms with Crippen molar-refractivity contribution in [1.82, 2.24) is 4.98 Å². The fourth-order valence-corrected chi connectivity index (χ4v) is 0.940. The van der Waals surface area contributed by atoms with Crippen molar-refractivity contribution in [2.24, 2.45) is 4.99 Å². The van der Waals surface area contributed by atoms with E-state index in [2.05, 4.69) is 15.3 Å². The molecule has 0 bridgehead atoms. The van der Waals surface area contributed by atoms with Crippen LogP contribution in [0.15, 0.2) is 23.5 Å². The van der Waals surface area contributed by atoms with E-state index in [1.54, 1.807) is 12.4 Å². The first kappa shape index (κ1) is 8.71. The van der Waals surface area contributed by atoms with E-state index in [1.807, 2.05) is 26.1 Å². The van der Waals surface area contributed by atoms with Gasteiger partial charge in [-0.25, -0.2) is 0 Å². The Morgan fingerprint density at radius 1 is 1.42 bits per heavy atom. The zero-order valence-corrected chi connectivity index (χ0v) is 7.41. The van der Waals surface area contributed by atoms with E-state index < -0.39 is 0 Å². The Labute approximate surface area is 72.6 Å². The van der Waals surface area contributed by atoms with Crippen LogP contribution in [0.1, 0.15) is 19.4 Å². The van der Waals surface area contributed by atoms with Gasteiger partial charge in [-0.05, 0) is 6.07 Å². The van der Waals surface area contributed by atoms with Crippen molar-refractivity contribution in [2.75, 3.05) is 12.0 Å². The van der Waals surface area contributed by atoms with Crippen LogP contribution in [0.25, 0.3) is 0 Å². The number of aliphatic imine (C=N–C) groups is 1. The Morgan fingerprint density at radius 2 is 2.25 bits per heavy atom. The molecule has 0 amide bonds. The summed E-state index contributed by atoms with van der Waals surface area (Å²) in [7, 11) is 0. The van der Waals surface area contributed by atoms with Gasteiger partial charge in [-0.1, -0.05) is 13.8 Å². The number of rotatable bonds is 0. The van der Waals surface area contributed by atoms with Gasteiger partial charge in [0, 0.05) is 18.0 Å². The molecule has 1 aliphatic heterocycles. The summed E-state index contributed by atoms with van der Waals surface area (Å²) in [5.41, 5.74) is 2.18. The highest BCUT2D eigenvalue weighted by Crippen LogP contribution is 2.12. The van der Waals surface area contributed by atoms with E-state index in [1.165, 1.54) is 0 Å². The quantitative estimate of drug-likeness (QED) is 0.634. The highest BCUT2D eigenvalue weighted by molar-refractivity contribution is 5.88. The van der Waals surface area contributed by atoms with Gasteiger partial charge in [0.1, 0.15) is 6.67 Å². The molecule has 0 atom stereocenters. The molecule has 0 aliphatic carbocycles. The van der Waals surface area contributed by atoms with Crippen LogP contribution in [0.4, 0.5) is 5.69 Å². The lowest BCUT2D eigenvalue weighted by Crippen LogP contribution is -2.07. The molecule has 1 N–H and O–H groups in total. The number of hydrogen-bond acceptors (Lipinski definition) is 3. The highest BCUT2D eigenvalue weighted by atomic mass is 15.0. The molecule has 0 saturated heterocycles.